The molecule has 1 amide bonds. The van der Waals surface area contributed by atoms with E-state index in [-0.39, 0.29) is 17.4 Å². The number of nitrogens with one attached hydrogen (secondary N) is 1. The molecule has 23 heavy (non-hydrogen) atoms. The molecule has 124 valence electrons. The van der Waals surface area contributed by atoms with Crippen LogP contribution in [0.2, 0.25) is 0 Å². The van der Waals surface area contributed by atoms with Gasteiger partial charge in [-0.15, -0.1) is 0 Å². The number of benzene rings is 1. The molecule has 0 aliphatic heterocycles. The molecular formula is C18H24N2O3. The quantitative estimate of drug-likeness (QED) is 0.890. The summed E-state index contributed by atoms with van der Waals surface area (Å²) in [4.78, 5) is 29.3. The van der Waals surface area contributed by atoms with E-state index in [1.165, 1.54) is 0 Å². The van der Waals surface area contributed by atoms with Crippen molar-refractivity contribution in [2.75, 3.05) is 20.3 Å². The molecule has 0 radical (unpaired) electrons. The van der Waals surface area contributed by atoms with Gasteiger partial charge in [-0.25, -0.2) is 0 Å². The Morgan fingerprint density at radius 2 is 2.09 bits per heavy atom. The summed E-state index contributed by atoms with van der Waals surface area (Å²) in [6.07, 6.45) is 0. The van der Waals surface area contributed by atoms with Crippen LogP contribution in [0.5, 0.6) is 0 Å². The zero-order valence-corrected chi connectivity index (χ0v) is 14.2. The molecule has 0 saturated carbocycles. The molecule has 0 aliphatic rings. The van der Waals surface area contributed by atoms with Gasteiger partial charge >= 0.3 is 0 Å². The van der Waals surface area contributed by atoms with Crippen molar-refractivity contribution >= 4 is 16.8 Å². The Balaban J connectivity index is 2.35. The zero-order valence-electron chi connectivity index (χ0n) is 14.2. The molecule has 0 atom stereocenters. The van der Waals surface area contributed by atoms with E-state index in [9.17, 15) is 9.59 Å². The van der Waals surface area contributed by atoms with Crippen LogP contribution in [-0.2, 0) is 16.1 Å². The molecular weight excluding hydrogens is 292 g/mol. The second-order valence-corrected chi connectivity index (χ2v) is 6.07. The lowest BCUT2D eigenvalue weighted by Gasteiger charge is -2.24. The number of hydrogen-bond acceptors (Lipinski definition) is 3. The Labute approximate surface area is 136 Å². The van der Waals surface area contributed by atoms with Gasteiger partial charge < -0.3 is 14.6 Å². The molecule has 0 fully saturated rings. The minimum atomic E-state index is -0.147. The highest BCUT2D eigenvalue weighted by atomic mass is 16.5. The average Bonchev–Trinajstić information content (AvgIpc) is 2.52. The van der Waals surface area contributed by atoms with Crippen LogP contribution >= 0.6 is 0 Å². The van der Waals surface area contributed by atoms with E-state index in [1.807, 2.05) is 45.0 Å². The van der Waals surface area contributed by atoms with Crippen molar-refractivity contribution in [3.8, 4) is 0 Å². The van der Waals surface area contributed by atoms with E-state index in [2.05, 4.69) is 4.98 Å². The van der Waals surface area contributed by atoms with Crippen molar-refractivity contribution in [3.63, 3.8) is 0 Å². The number of aryl methyl sites for hydroxylation is 1. The second-order valence-electron chi connectivity index (χ2n) is 6.07. The van der Waals surface area contributed by atoms with Gasteiger partial charge in [-0.1, -0.05) is 32.0 Å². The summed E-state index contributed by atoms with van der Waals surface area (Å²) >= 11 is 0. The van der Waals surface area contributed by atoms with E-state index < -0.39 is 0 Å². The molecule has 0 bridgehead atoms. The van der Waals surface area contributed by atoms with Gasteiger partial charge in [-0.05, 0) is 23.9 Å². The summed E-state index contributed by atoms with van der Waals surface area (Å²) in [6.45, 7) is 6.89. The SMILES string of the molecule is COCCN(Cc1cc2cccc(C)c2[nH]c1=O)C(=O)C(C)C. The van der Waals surface area contributed by atoms with Crippen LogP contribution in [0, 0.1) is 12.8 Å². The first-order chi connectivity index (χ1) is 10.9. The Kier molecular flexibility index (Phi) is 5.55. The van der Waals surface area contributed by atoms with Crippen LogP contribution in [-0.4, -0.2) is 36.1 Å². The predicted octanol–water partition coefficient (Wildman–Crippen LogP) is 2.47. The first kappa shape index (κ1) is 17.2. The molecule has 1 aromatic heterocycles. The summed E-state index contributed by atoms with van der Waals surface area (Å²) in [6, 6.07) is 7.76. The lowest BCUT2D eigenvalue weighted by atomic mass is 10.1. The highest BCUT2D eigenvalue weighted by molar-refractivity contribution is 5.82. The normalized spacial score (nSPS) is 11.2. The van der Waals surface area contributed by atoms with Crippen molar-refractivity contribution in [1.29, 1.82) is 0 Å². The van der Waals surface area contributed by atoms with E-state index >= 15 is 0 Å². The van der Waals surface area contributed by atoms with Crippen LogP contribution < -0.4 is 5.56 Å². The number of carbonyl (C=O) groups is 1. The molecule has 2 rings (SSSR count). The minimum Gasteiger partial charge on any atom is -0.383 e. The van der Waals surface area contributed by atoms with E-state index in [1.54, 1.807) is 12.0 Å². The monoisotopic (exact) mass is 316 g/mol. The zero-order chi connectivity index (χ0) is 17.0. The van der Waals surface area contributed by atoms with Crippen LogP contribution in [0.4, 0.5) is 0 Å². The minimum absolute atomic E-state index is 0.0192. The maximum absolute atomic E-state index is 12.4. The molecule has 2 aromatic rings. The topological polar surface area (TPSA) is 62.4 Å². The highest BCUT2D eigenvalue weighted by Gasteiger charge is 2.18. The summed E-state index contributed by atoms with van der Waals surface area (Å²) in [5, 5.41) is 0.975. The number of aromatic nitrogens is 1. The van der Waals surface area contributed by atoms with Gasteiger partial charge in [-0.3, -0.25) is 9.59 Å². The molecule has 0 saturated heterocycles. The Morgan fingerprint density at radius 3 is 2.74 bits per heavy atom. The standard InChI is InChI=1S/C18H24N2O3/c1-12(2)18(22)20(8-9-23-4)11-15-10-14-7-5-6-13(3)16(14)19-17(15)21/h5-7,10,12H,8-9,11H2,1-4H3,(H,19,21). The maximum Gasteiger partial charge on any atom is 0.253 e. The molecule has 0 spiro atoms. The number of ether oxygens (including phenoxy) is 1. The van der Waals surface area contributed by atoms with Crippen molar-refractivity contribution in [1.82, 2.24) is 9.88 Å². The predicted molar refractivity (Wildman–Crippen MR) is 91.4 cm³/mol. The third-order valence-corrected chi connectivity index (χ3v) is 3.90. The smallest absolute Gasteiger partial charge is 0.253 e. The van der Waals surface area contributed by atoms with Crippen LogP contribution in [0.3, 0.4) is 0 Å². The Hall–Kier alpha value is -2.14. The van der Waals surface area contributed by atoms with Crippen molar-refractivity contribution in [2.24, 2.45) is 5.92 Å². The van der Waals surface area contributed by atoms with E-state index in [0.717, 1.165) is 16.5 Å². The lowest BCUT2D eigenvalue weighted by molar-refractivity contribution is -0.135. The number of hydrogen-bond donors (Lipinski definition) is 1. The molecule has 1 heterocycles. The van der Waals surface area contributed by atoms with Gasteiger partial charge in [0.1, 0.15) is 0 Å². The molecule has 0 aliphatic carbocycles. The number of amides is 1. The van der Waals surface area contributed by atoms with Crippen molar-refractivity contribution < 1.29 is 9.53 Å². The number of fused-ring (bicyclic) bond motifs is 1. The molecule has 5 nitrogen and oxygen atoms in total. The number of methoxy groups -OCH3 is 1. The first-order valence-electron chi connectivity index (χ1n) is 7.83. The van der Waals surface area contributed by atoms with Gasteiger partial charge in [-0.2, -0.15) is 0 Å². The van der Waals surface area contributed by atoms with Crippen LogP contribution in [0.1, 0.15) is 25.0 Å². The summed E-state index contributed by atoms with van der Waals surface area (Å²) in [5.41, 5.74) is 2.32. The number of H-pyrrole nitrogens is 1. The highest BCUT2D eigenvalue weighted by Crippen LogP contribution is 2.16. The Morgan fingerprint density at radius 1 is 1.35 bits per heavy atom. The second kappa shape index (κ2) is 7.42. The number of carbonyl (C=O) groups excluding carboxylic acids is 1. The lowest BCUT2D eigenvalue weighted by Crippen LogP contribution is -2.37. The number of para-hydroxylation sites is 1. The van der Waals surface area contributed by atoms with Gasteiger partial charge in [0.25, 0.3) is 5.56 Å². The summed E-state index contributed by atoms with van der Waals surface area (Å²) in [5.74, 6) is -0.0978. The molecule has 0 unspecified atom stereocenters. The first-order valence-corrected chi connectivity index (χ1v) is 7.83. The summed E-state index contributed by atoms with van der Waals surface area (Å²) < 4.78 is 5.08. The Bertz CT molecular complexity index is 750. The third-order valence-electron chi connectivity index (χ3n) is 3.90. The largest absolute Gasteiger partial charge is 0.383 e. The van der Waals surface area contributed by atoms with Crippen LogP contribution in [0.15, 0.2) is 29.1 Å². The number of aromatic amines is 1. The van der Waals surface area contributed by atoms with Gasteiger partial charge in [0, 0.05) is 25.1 Å². The molecule has 1 aromatic carbocycles. The fourth-order valence-corrected chi connectivity index (χ4v) is 2.59. The average molecular weight is 316 g/mol. The van der Waals surface area contributed by atoms with Gasteiger partial charge in [0.2, 0.25) is 5.91 Å². The van der Waals surface area contributed by atoms with Crippen molar-refractivity contribution in [2.45, 2.75) is 27.3 Å². The summed E-state index contributed by atoms with van der Waals surface area (Å²) in [7, 11) is 1.60. The number of nitrogens with zero attached hydrogens (tertiary/aromatic N) is 1. The fourth-order valence-electron chi connectivity index (χ4n) is 2.59. The van der Waals surface area contributed by atoms with Gasteiger partial charge in [0.05, 0.1) is 18.7 Å². The van der Waals surface area contributed by atoms with E-state index in [0.29, 0.717) is 25.3 Å². The van der Waals surface area contributed by atoms with Crippen LogP contribution in [0.25, 0.3) is 10.9 Å². The van der Waals surface area contributed by atoms with E-state index in [4.69, 9.17) is 4.74 Å². The van der Waals surface area contributed by atoms with Gasteiger partial charge in [0.15, 0.2) is 0 Å². The third kappa shape index (κ3) is 3.99. The number of rotatable bonds is 6. The van der Waals surface area contributed by atoms with Crippen molar-refractivity contribution in [3.05, 3.63) is 45.7 Å². The molecule has 5 heteroatoms. The molecule has 1 N–H and O–H groups in total. The maximum atomic E-state index is 12.4. The fraction of sp³-hybridized carbons (Fsp3) is 0.444. The number of pyridine rings is 1.